The second kappa shape index (κ2) is 7.97. The van der Waals surface area contributed by atoms with Crippen molar-refractivity contribution in [1.29, 1.82) is 0 Å². The third kappa shape index (κ3) is 5.59. The predicted octanol–water partition coefficient (Wildman–Crippen LogP) is 3.18. The van der Waals surface area contributed by atoms with Gasteiger partial charge < -0.3 is 10.1 Å². The molecule has 0 heterocycles. The average molecular weight is 223 g/mol. The highest BCUT2D eigenvalue weighted by atomic mass is 16.5. The zero-order valence-electron chi connectivity index (χ0n) is 10.00. The van der Waals surface area contributed by atoms with Crippen molar-refractivity contribution < 1.29 is 9.53 Å². The van der Waals surface area contributed by atoms with E-state index in [0.717, 1.165) is 37.7 Å². The van der Waals surface area contributed by atoms with E-state index in [-0.39, 0.29) is 6.09 Å². The van der Waals surface area contributed by atoms with Gasteiger partial charge in [0.2, 0.25) is 0 Å². The number of rotatable bonds is 6. The quantitative estimate of drug-likeness (QED) is 0.702. The van der Waals surface area contributed by atoms with Gasteiger partial charge in [-0.05, 0) is 24.8 Å². The first-order valence-corrected chi connectivity index (χ1v) is 6.09. The lowest BCUT2D eigenvalue weighted by molar-refractivity contribution is 0.156. The van der Waals surface area contributed by atoms with Gasteiger partial charge in [-0.3, -0.25) is 0 Å². The number of nitrogens with one attached hydrogen (secondary N) is 1. The fourth-order valence-corrected chi connectivity index (χ4v) is 1.54. The van der Waals surface area contributed by atoms with Crippen LogP contribution in [0.3, 0.4) is 0 Å². The fraction of sp³-hybridized carbons (Fsp3) is 0.615. The smallest absolute Gasteiger partial charge is 0.407 e. The van der Waals surface area contributed by atoms with E-state index in [1.165, 1.54) is 0 Å². The zero-order valence-corrected chi connectivity index (χ0v) is 10.00. The molecule has 0 saturated carbocycles. The number of allylic oxidation sites excluding steroid dienone is 2. The number of alkyl carbamates (subject to hydrolysis) is 1. The lowest BCUT2D eigenvalue weighted by Crippen LogP contribution is -2.25. The predicted molar refractivity (Wildman–Crippen MR) is 65.3 cm³/mol. The van der Waals surface area contributed by atoms with Gasteiger partial charge in [-0.2, -0.15) is 0 Å². The Balaban J connectivity index is 2.05. The number of amides is 1. The number of unbranched alkanes of at least 4 members (excludes halogenated alkanes) is 2. The van der Waals surface area contributed by atoms with Crippen molar-refractivity contribution in [3.63, 3.8) is 0 Å². The van der Waals surface area contributed by atoms with Crippen molar-refractivity contribution in [3.8, 4) is 0 Å². The topological polar surface area (TPSA) is 38.3 Å². The second-order valence-corrected chi connectivity index (χ2v) is 3.97. The molecule has 3 nitrogen and oxygen atoms in total. The number of carbonyl (C=O) groups excluding carboxylic acids is 1. The number of ether oxygens (including phenoxy) is 1. The maximum atomic E-state index is 11.3. The van der Waals surface area contributed by atoms with Gasteiger partial charge in [-0.25, -0.2) is 4.79 Å². The summed E-state index contributed by atoms with van der Waals surface area (Å²) in [5.74, 6) is 0. The minimum absolute atomic E-state index is 0.309. The zero-order chi connectivity index (χ0) is 11.6. The summed E-state index contributed by atoms with van der Waals surface area (Å²) < 4.78 is 5.09. The van der Waals surface area contributed by atoms with Crippen LogP contribution in [-0.2, 0) is 4.74 Å². The molecule has 0 saturated heterocycles. The summed E-state index contributed by atoms with van der Waals surface area (Å²) in [5.41, 5.74) is 1.09. The van der Waals surface area contributed by atoms with Crippen molar-refractivity contribution in [2.75, 3.05) is 13.2 Å². The monoisotopic (exact) mass is 223 g/mol. The van der Waals surface area contributed by atoms with Crippen molar-refractivity contribution in [1.82, 2.24) is 5.32 Å². The Morgan fingerprint density at radius 1 is 1.44 bits per heavy atom. The molecule has 1 rings (SSSR count). The molecular weight excluding hydrogens is 202 g/mol. The van der Waals surface area contributed by atoms with E-state index in [1.807, 2.05) is 6.08 Å². The van der Waals surface area contributed by atoms with E-state index in [1.54, 1.807) is 0 Å². The molecule has 1 aliphatic carbocycles. The molecule has 0 aromatic carbocycles. The number of hydrogen-bond donors (Lipinski definition) is 1. The van der Waals surface area contributed by atoms with Gasteiger partial charge in [-0.15, -0.1) is 0 Å². The summed E-state index contributed by atoms with van der Waals surface area (Å²) in [6.45, 7) is 3.23. The highest BCUT2D eigenvalue weighted by Crippen LogP contribution is 2.09. The van der Waals surface area contributed by atoms with Crippen LogP contribution in [0.15, 0.2) is 23.8 Å². The summed E-state index contributed by atoms with van der Waals surface area (Å²) in [4.78, 5) is 11.3. The second-order valence-electron chi connectivity index (χ2n) is 3.97. The molecule has 0 fully saturated rings. The highest BCUT2D eigenvalue weighted by molar-refractivity contribution is 5.67. The van der Waals surface area contributed by atoms with Gasteiger partial charge in [0, 0.05) is 6.54 Å². The van der Waals surface area contributed by atoms with E-state index >= 15 is 0 Å². The van der Waals surface area contributed by atoms with Crippen LogP contribution in [0.5, 0.6) is 0 Å². The number of hydrogen-bond acceptors (Lipinski definition) is 2. The van der Waals surface area contributed by atoms with Gasteiger partial charge in [0.05, 0.1) is 0 Å². The highest BCUT2D eigenvalue weighted by Gasteiger charge is 2.03. The third-order valence-corrected chi connectivity index (χ3v) is 2.49. The lowest BCUT2D eigenvalue weighted by Gasteiger charge is -2.09. The summed E-state index contributed by atoms with van der Waals surface area (Å²) in [7, 11) is 0. The van der Waals surface area contributed by atoms with E-state index in [0.29, 0.717) is 13.2 Å². The fourth-order valence-electron chi connectivity index (χ4n) is 1.54. The lowest BCUT2D eigenvalue weighted by atomic mass is 10.1. The van der Waals surface area contributed by atoms with Crippen LogP contribution in [-0.4, -0.2) is 19.2 Å². The molecule has 0 aromatic rings. The Morgan fingerprint density at radius 3 is 3.00 bits per heavy atom. The maximum absolute atomic E-state index is 11.3. The Labute approximate surface area is 97.6 Å². The van der Waals surface area contributed by atoms with E-state index in [4.69, 9.17) is 4.74 Å². The van der Waals surface area contributed by atoms with Gasteiger partial charge in [0.25, 0.3) is 0 Å². The first-order chi connectivity index (χ1) is 7.83. The Bertz CT molecular complexity index is 269. The average Bonchev–Trinajstić information content (AvgIpc) is 2.33. The third-order valence-electron chi connectivity index (χ3n) is 2.49. The van der Waals surface area contributed by atoms with E-state index < -0.39 is 0 Å². The van der Waals surface area contributed by atoms with Crippen molar-refractivity contribution in [2.45, 2.75) is 39.0 Å². The van der Waals surface area contributed by atoms with Crippen LogP contribution in [0.4, 0.5) is 4.79 Å². The van der Waals surface area contributed by atoms with Crippen molar-refractivity contribution in [3.05, 3.63) is 23.8 Å². The molecular formula is C13H21NO2. The molecule has 16 heavy (non-hydrogen) atoms. The van der Waals surface area contributed by atoms with E-state index in [2.05, 4.69) is 24.4 Å². The standard InChI is InChI=1S/C13H21NO2/c1-2-3-7-10-14-13(15)16-11-12-8-5-4-6-9-12/h5,8-9H,2-4,6-7,10-11H2,1H3,(H,14,15). The first kappa shape index (κ1) is 12.8. The summed E-state index contributed by atoms with van der Waals surface area (Å²) in [6.07, 6.45) is 11.4. The number of carbonyl (C=O) groups is 1. The minimum atomic E-state index is -0.309. The Morgan fingerprint density at radius 2 is 2.31 bits per heavy atom. The summed E-state index contributed by atoms with van der Waals surface area (Å²) in [5, 5.41) is 2.74. The normalized spacial score (nSPS) is 14.4. The summed E-state index contributed by atoms with van der Waals surface area (Å²) >= 11 is 0. The molecule has 0 unspecified atom stereocenters. The van der Waals surface area contributed by atoms with Gasteiger partial charge in [-0.1, -0.05) is 38.0 Å². The van der Waals surface area contributed by atoms with Crippen molar-refractivity contribution in [2.24, 2.45) is 0 Å². The molecule has 1 aliphatic rings. The van der Waals surface area contributed by atoms with Crippen LogP contribution in [0, 0.1) is 0 Å². The maximum Gasteiger partial charge on any atom is 0.407 e. The van der Waals surface area contributed by atoms with Crippen LogP contribution >= 0.6 is 0 Å². The van der Waals surface area contributed by atoms with E-state index in [9.17, 15) is 4.79 Å². The summed E-state index contributed by atoms with van der Waals surface area (Å²) in [6, 6.07) is 0. The van der Waals surface area contributed by atoms with Crippen LogP contribution < -0.4 is 5.32 Å². The molecule has 1 amide bonds. The largest absolute Gasteiger partial charge is 0.445 e. The van der Waals surface area contributed by atoms with Crippen molar-refractivity contribution >= 4 is 6.09 Å². The Hall–Kier alpha value is -1.25. The molecule has 0 aliphatic heterocycles. The minimum Gasteiger partial charge on any atom is -0.445 e. The van der Waals surface area contributed by atoms with Crippen LogP contribution in [0.2, 0.25) is 0 Å². The molecule has 90 valence electrons. The Kier molecular flexibility index (Phi) is 6.38. The molecule has 0 atom stereocenters. The molecule has 1 N–H and O–H groups in total. The molecule has 0 radical (unpaired) electrons. The van der Waals surface area contributed by atoms with Gasteiger partial charge in [0.15, 0.2) is 0 Å². The van der Waals surface area contributed by atoms with Crippen LogP contribution in [0.1, 0.15) is 39.0 Å². The van der Waals surface area contributed by atoms with Crippen LogP contribution in [0.25, 0.3) is 0 Å². The molecule has 3 heteroatoms. The van der Waals surface area contributed by atoms with Gasteiger partial charge in [0.1, 0.15) is 6.61 Å². The molecule has 0 spiro atoms. The first-order valence-electron chi connectivity index (χ1n) is 6.09. The molecule has 0 bridgehead atoms. The molecule has 0 aromatic heterocycles. The van der Waals surface area contributed by atoms with Gasteiger partial charge >= 0.3 is 6.09 Å². The SMILES string of the molecule is CCCCCNC(=O)OCC1=CCCC=C1.